The molecule has 0 radical (unpaired) electrons. The quantitative estimate of drug-likeness (QED) is 0.545. The zero-order chi connectivity index (χ0) is 9.10. The highest BCUT2D eigenvalue weighted by Gasteiger charge is 2.05. The third-order valence-electron chi connectivity index (χ3n) is 2.73. The highest BCUT2D eigenvalue weighted by Crippen LogP contribution is 2.11. The van der Waals surface area contributed by atoms with Gasteiger partial charge >= 0.3 is 0 Å². The molecule has 0 spiro atoms. The van der Waals surface area contributed by atoms with Crippen LogP contribution in [-0.2, 0) is 12.8 Å². The van der Waals surface area contributed by atoms with Crippen LogP contribution >= 0.6 is 0 Å². The monoisotopic (exact) mass is 173 g/mol. The van der Waals surface area contributed by atoms with Crippen LogP contribution in [0.15, 0.2) is 18.2 Å². The maximum absolute atomic E-state index is 3.45. The topological polar surface area (TPSA) is 12.0 Å². The van der Waals surface area contributed by atoms with Crippen LogP contribution in [0.2, 0.25) is 0 Å². The minimum Gasteiger partial charge on any atom is -0.316 e. The normalized spacial score (nSPS) is 17.2. The Morgan fingerprint density at radius 2 is 2.00 bits per heavy atom. The van der Waals surface area contributed by atoms with E-state index in [9.17, 15) is 0 Å². The molecule has 0 aromatic heterocycles. The van der Waals surface area contributed by atoms with Crippen molar-refractivity contribution in [3.63, 3.8) is 0 Å². The van der Waals surface area contributed by atoms with Gasteiger partial charge in [0.25, 0.3) is 0 Å². The predicted octanol–water partition coefficient (Wildman–Crippen LogP) is 0.0233. The maximum Gasteiger partial charge on any atom is 0.139 e. The number of rotatable bonds is 0. The molecule has 13 heavy (non-hydrogen) atoms. The molecule has 0 saturated carbocycles. The Morgan fingerprint density at radius 1 is 1.08 bits per heavy atom. The zero-order valence-electron chi connectivity index (χ0n) is 8.27. The molecule has 0 fully saturated rings. The van der Waals surface area contributed by atoms with Gasteiger partial charge in [0.15, 0.2) is 0 Å². The predicted molar refractivity (Wildman–Crippen MR) is 59.5 cm³/mol. The molecule has 0 saturated heterocycles. The number of nitrogens with one attached hydrogen (secondary N) is 1. The zero-order valence-corrected chi connectivity index (χ0v) is 8.27. The molecule has 1 aliphatic rings. The van der Waals surface area contributed by atoms with Crippen LogP contribution in [0, 0.1) is 0 Å². The summed E-state index contributed by atoms with van der Waals surface area (Å²) < 4.78 is 0. The van der Waals surface area contributed by atoms with Crippen LogP contribution in [0.1, 0.15) is 17.5 Å². The summed E-state index contributed by atoms with van der Waals surface area (Å²) in [5, 5.41) is 3.45. The van der Waals surface area contributed by atoms with Gasteiger partial charge in [0.2, 0.25) is 0 Å². The van der Waals surface area contributed by atoms with Crippen LogP contribution in [0.3, 0.4) is 0 Å². The first-order valence-corrected chi connectivity index (χ1v) is 5.15. The van der Waals surface area contributed by atoms with Crippen LogP contribution in [0.25, 0.3) is 0 Å². The molecule has 1 aromatic carbocycles. The Hall–Kier alpha value is -0.755. The van der Waals surface area contributed by atoms with Crippen LogP contribution in [-0.4, -0.2) is 20.9 Å². The summed E-state index contributed by atoms with van der Waals surface area (Å²) in [6.45, 7) is 2.31. The first-order chi connectivity index (χ1) is 6.36. The molecule has 1 aliphatic heterocycles. The number of hydrogen-bond acceptors (Lipinski definition) is 1. The number of benzene rings is 1. The van der Waals surface area contributed by atoms with Gasteiger partial charge in [-0.2, -0.15) is 0 Å². The maximum atomic E-state index is 3.45. The molecule has 0 bridgehead atoms. The highest BCUT2D eigenvalue weighted by molar-refractivity contribution is 6.32. The van der Waals surface area contributed by atoms with Gasteiger partial charge in [-0.05, 0) is 43.5 Å². The van der Waals surface area contributed by atoms with E-state index in [1.807, 2.05) is 0 Å². The molecule has 1 aromatic rings. The van der Waals surface area contributed by atoms with Crippen molar-refractivity contribution in [2.75, 3.05) is 13.1 Å². The Labute approximate surface area is 81.0 Å². The van der Waals surface area contributed by atoms with E-state index in [2.05, 4.69) is 31.4 Å². The van der Waals surface area contributed by atoms with Crippen LogP contribution in [0.4, 0.5) is 0 Å². The largest absolute Gasteiger partial charge is 0.316 e. The van der Waals surface area contributed by atoms with Crippen molar-refractivity contribution in [3.05, 3.63) is 29.3 Å². The van der Waals surface area contributed by atoms with E-state index in [0.29, 0.717) is 0 Å². The summed E-state index contributed by atoms with van der Waals surface area (Å²) >= 11 is 0. The average Bonchev–Trinajstić information content (AvgIpc) is 2.08. The van der Waals surface area contributed by atoms with E-state index in [1.165, 1.54) is 31.3 Å². The lowest BCUT2D eigenvalue weighted by atomic mass is 9.89. The van der Waals surface area contributed by atoms with E-state index >= 15 is 0 Å². The average molecular weight is 173 g/mol. The van der Waals surface area contributed by atoms with Gasteiger partial charge in [-0.15, -0.1) is 0 Å². The fourth-order valence-electron chi connectivity index (χ4n) is 1.98. The fraction of sp³-hybridized carbons (Fsp3) is 0.455. The molecule has 0 aliphatic carbocycles. The Kier molecular flexibility index (Phi) is 2.69. The lowest BCUT2D eigenvalue weighted by Crippen LogP contribution is -2.23. The number of aryl methyl sites for hydroxylation is 1. The summed E-state index contributed by atoms with van der Waals surface area (Å²) in [5.41, 5.74) is 4.50. The van der Waals surface area contributed by atoms with E-state index in [-0.39, 0.29) is 0 Å². The van der Waals surface area contributed by atoms with Gasteiger partial charge in [0.1, 0.15) is 7.85 Å². The van der Waals surface area contributed by atoms with Crippen molar-refractivity contribution in [1.82, 2.24) is 5.32 Å². The molecule has 1 nitrogen and oxygen atoms in total. The minimum absolute atomic E-state index is 1.14. The first kappa shape index (κ1) is 8.83. The minimum atomic E-state index is 1.14. The van der Waals surface area contributed by atoms with Crippen LogP contribution in [0.5, 0.6) is 0 Å². The summed E-state index contributed by atoms with van der Waals surface area (Å²) in [6, 6.07) is 6.87. The SMILES string of the molecule is Bc1ccc2c(c1)CCNCCC2. The summed E-state index contributed by atoms with van der Waals surface area (Å²) in [4.78, 5) is 0. The van der Waals surface area contributed by atoms with Crippen molar-refractivity contribution >= 4 is 13.3 Å². The van der Waals surface area contributed by atoms with Gasteiger partial charge in [0, 0.05) is 0 Å². The van der Waals surface area contributed by atoms with Gasteiger partial charge in [0.05, 0.1) is 0 Å². The van der Waals surface area contributed by atoms with E-state index < -0.39 is 0 Å². The highest BCUT2D eigenvalue weighted by atomic mass is 14.8. The molecule has 68 valence electrons. The summed E-state index contributed by atoms with van der Waals surface area (Å²) in [5.74, 6) is 0. The molecular weight excluding hydrogens is 157 g/mol. The third-order valence-corrected chi connectivity index (χ3v) is 2.73. The van der Waals surface area contributed by atoms with Crippen molar-refractivity contribution in [2.24, 2.45) is 0 Å². The number of hydrogen-bond donors (Lipinski definition) is 1. The molecule has 1 heterocycles. The second kappa shape index (κ2) is 3.97. The van der Waals surface area contributed by atoms with Crippen molar-refractivity contribution < 1.29 is 0 Å². The van der Waals surface area contributed by atoms with Gasteiger partial charge in [-0.1, -0.05) is 23.7 Å². The van der Waals surface area contributed by atoms with Crippen LogP contribution < -0.4 is 10.8 Å². The molecular formula is C11H16BN. The summed E-state index contributed by atoms with van der Waals surface area (Å²) in [7, 11) is 2.17. The standard InChI is InChI=1S/C11H16BN/c12-11-4-3-9-2-1-6-13-7-5-10(9)8-11/h3-4,8,13H,1-2,5-7,12H2. The molecule has 0 unspecified atom stereocenters. The van der Waals surface area contributed by atoms with Crippen molar-refractivity contribution in [2.45, 2.75) is 19.3 Å². The van der Waals surface area contributed by atoms with E-state index in [0.717, 1.165) is 6.54 Å². The van der Waals surface area contributed by atoms with Gasteiger partial charge in [-0.25, -0.2) is 0 Å². The molecule has 2 rings (SSSR count). The Bertz CT molecular complexity index is 296. The van der Waals surface area contributed by atoms with E-state index in [1.54, 1.807) is 11.1 Å². The van der Waals surface area contributed by atoms with E-state index in [4.69, 9.17) is 0 Å². The lowest BCUT2D eigenvalue weighted by Gasteiger charge is -2.15. The van der Waals surface area contributed by atoms with Gasteiger partial charge < -0.3 is 5.32 Å². The van der Waals surface area contributed by atoms with Crippen molar-refractivity contribution in [1.29, 1.82) is 0 Å². The second-order valence-electron chi connectivity index (χ2n) is 3.88. The molecule has 0 amide bonds. The molecule has 2 heteroatoms. The lowest BCUT2D eigenvalue weighted by molar-refractivity contribution is 0.626. The second-order valence-corrected chi connectivity index (χ2v) is 3.88. The number of fused-ring (bicyclic) bond motifs is 1. The third kappa shape index (κ3) is 2.13. The summed E-state index contributed by atoms with van der Waals surface area (Å²) in [6.07, 6.45) is 3.70. The Morgan fingerprint density at radius 3 is 2.92 bits per heavy atom. The Balaban J connectivity index is 2.28. The van der Waals surface area contributed by atoms with Gasteiger partial charge in [-0.3, -0.25) is 0 Å². The molecule has 1 N–H and O–H groups in total. The van der Waals surface area contributed by atoms with Crippen molar-refractivity contribution in [3.8, 4) is 0 Å². The molecule has 0 atom stereocenters. The fourth-order valence-corrected chi connectivity index (χ4v) is 1.98. The smallest absolute Gasteiger partial charge is 0.139 e. The first-order valence-electron chi connectivity index (χ1n) is 5.15.